The van der Waals surface area contributed by atoms with Crippen molar-refractivity contribution in [3.63, 3.8) is 0 Å². The number of fused-ring (bicyclic) bond motifs is 1. The summed E-state index contributed by atoms with van der Waals surface area (Å²) < 4.78 is 24.2. The second-order valence-corrected chi connectivity index (χ2v) is 9.31. The van der Waals surface area contributed by atoms with Gasteiger partial charge in [0, 0.05) is 28.4 Å². The molecule has 3 aromatic rings. The van der Waals surface area contributed by atoms with Crippen LogP contribution in [-0.2, 0) is 4.79 Å². The number of aromatic hydroxyl groups is 1. The molecule has 1 amide bonds. The van der Waals surface area contributed by atoms with Gasteiger partial charge in [0.15, 0.2) is 23.1 Å². The lowest BCUT2D eigenvalue weighted by Crippen LogP contribution is -2.37. The Morgan fingerprint density at radius 3 is 2.64 bits per heavy atom. The highest BCUT2D eigenvalue weighted by atomic mass is 32.2. The number of nitrogens with one attached hydrogen (secondary N) is 3. The molecule has 1 aliphatic heterocycles. The number of thioether (sulfide) groups is 1. The molecular weight excluding hydrogens is 449 g/mol. The third-order valence-electron chi connectivity index (χ3n) is 4.86. The summed E-state index contributed by atoms with van der Waals surface area (Å²) in [5.74, 6) is -0.384. The van der Waals surface area contributed by atoms with Gasteiger partial charge in [0.05, 0.1) is 30.9 Å². The fourth-order valence-electron chi connectivity index (χ4n) is 3.19. The lowest BCUT2D eigenvalue weighted by molar-refractivity contribution is -0.117. The minimum Gasteiger partial charge on any atom is -0.504 e. The van der Waals surface area contributed by atoms with Crippen molar-refractivity contribution in [2.45, 2.75) is 23.5 Å². The molecule has 0 unspecified atom stereocenters. The van der Waals surface area contributed by atoms with E-state index in [4.69, 9.17) is 9.47 Å². The van der Waals surface area contributed by atoms with Crippen LogP contribution in [-0.4, -0.2) is 39.9 Å². The highest BCUT2D eigenvalue weighted by Gasteiger charge is 2.34. The van der Waals surface area contributed by atoms with Crippen molar-refractivity contribution in [1.82, 2.24) is 9.97 Å². The molecule has 4 rings (SSSR count). The topological polar surface area (TPSA) is 118 Å². The second-order valence-electron chi connectivity index (χ2n) is 7.65. The van der Waals surface area contributed by atoms with Gasteiger partial charge in [0.1, 0.15) is 0 Å². The Kier molecular flexibility index (Phi) is 5.90. The molecule has 0 atom stereocenters. The van der Waals surface area contributed by atoms with E-state index in [1.54, 1.807) is 18.2 Å². The summed E-state index contributed by atoms with van der Waals surface area (Å²) in [6.07, 6.45) is 1.02. The molecule has 2 heterocycles. The summed E-state index contributed by atoms with van der Waals surface area (Å²) in [6, 6.07) is 8.35. The fourth-order valence-corrected chi connectivity index (χ4v) is 4.24. The van der Waals surface area contributed by atoms with E-state index < -0.39 is 10.6 Å². The first-order valence-electron chi connectivity index (χ1n) is 9.86. The summed E-state index contributed by atoms with van der Waals surface area (Å²) in [6.45, 7) is 3.70. The van der Waals surface area contributed by atoms with Crippen LogP contribution in [0.3, 0.4) is 0 Å². The number of benzene rings is 2. The zero-order valence-corrected chi connectivity index (χ0v) is 19.1. The van der Waals surface area contributed by atoms with E-state index in [9.17, 15) is 14.3 Å². The number of phenols is 1. The molecular formula is C22H22FN5O4S. The van der Waals surface area contributed by atoms with Gasteiger partial charge in [-0.15, -0.1) is 11.8 Å². The normalized spacial score (nSPS) is 14.2. The SMILES string of the molecule is COc1cc(Nc2ncc(F)c(Nc3ccc4c(c3)NC(=O)C(C)(C)S4)n2)cc(O)c1OC. The van der Waals surface area contributed by atoms with Crippen molar-refractivity contribution in [1.29, 1.82) is 0 Å². The largest absolute Gasteiger partial charge is 0.504 e. The van der Waals surface area contributed by atoms with Crippen LogP contribution in [0, 0.1) is 5.82 Å². The summed E-state index contributed by atoms with van der Waals surface area (Å²) in [5, 5.41) is 18.8. The van der Waals surface area contributed by atoms with Gasteiger partial charge < -0.3 is 30.5 Å². The van der Waals surface area contributed by atoms with Gasteiger partial charge in [-0.1, -0.05) is 0 Å². The Labute approximate surface area is 193 Å². The molecule has 0 bridgehead atoms. The van der Waals surface area contributed by atoms with Gasteiger partial charge in [-0.05, 0) is 32.0 Å². The number of halogens is 1. The third-order valence-corrected chi connectivity index (χ3v) is 6.13. The molecule has 0 fully saturated rings. The first kappa shape index (κ1) is 22.5. The molecule has 0 saturated heterocycles. The number of carbonyl (C=O) groups is 1. The van der Waals surface area contributed by atoms with Crippen LogP contribution in [0.2, 0.25) is 0 Å². The minimum atomic E-state index is -0.659. The first-order valence-corrected chi connectivity index (χ1v) is 10.7. The van der Waals surface area contributed by atoms with Crippen molar-refractivity contribution in [2.24, 2.45) is 0 Å². The van der Waals surface area contributed by atoms with Gasteiger partial charge in [0.2, 0.25) is 17.6 Å². The number of carbonyl (C=O) groups excluding carboxylic acids is 1. The van der Waals surface area contributed by atoms with E-state index in [0.29, 0.717) is 22.8 Å². The molecule has 172 valence electrons. The maximum Gasteiger partial charge on any atom is 0.240 e. The number of aromatic nitrogens is 2. The van der Waals surface area contributed by atoms with Crippen molar-refractivity contribution < 1.29 is 23.8 Å². The monoisotopic (exact) mass is 471 g/mol. The van der Waals surface area contributed by atoms with E-state index in [-0.39, 0.29) is 29.2 Å². The first-order chi connectivity index (χ1) is 15.7. The Hall–Kier alpha value is -3.73. The zero-order chi connectivity index (χ0) is 23.8. The van der Waals surface area contributed by atoms with E-state index in [1.165, 1.54) is 32.0 Å². The van der Waals surface area contributed by atoms with Crippen LogP contribution in [0.1, 0.15) is 13.8 Å². The smallest absolute Gasteiger partial charge is 0.240 e. The average Bonchev–Trinajstić information content (AvgIpc) is 2.76. The van der Waals surface area contributed by atoms with Crippen LogP contribution in [0.15, 0.2) is 41.4 Å². The third kappa shape index (κ3) is 4.58. The van der Waals surface area contributed by atoms with Crippen molar-refractivity contribution in [3.8, 4) is 17.2 Å². The maximum atomic E-state index is 14.4. The van der Waals surface area contributed by atoms with Crippen molar-refractivity contribution in [2.75, 3.05) is 30.2 Å². The van der Waals surface area contributed by atoms with Crippen molar-refractivity contribution in [3.05, 3.63) is 42.3 Å². The highest BCUT2D eigenvalue weighted by Crippen LogP contribution is 2.43. The van der Waals surface area contributed by atoms with Gasteiger partial charge in [0.25, 0.3) is 0 Å². The summed E-state index contributed by atoms with van der Waals surface area (Å²) >= 11 is 1.46. The Morgan fingerprint density at radius 1 is 1.12 bits per heavy atom. The molecule has 4 N–H and O–H groups in total. The molecule has 0 spiro atoms. The van der Waals surface area contributed by atoms with Crippen LogP contribution in [0.4, 0.5) is 33.2 Å². The van der Waals surface area contributed by atoms with Crippen molar-refractivity contribution >= 4 is 46.5 Å². The van der Waals surface area contributed by atoms with Crippen LogP contribution < -0.4 is 25.4 Å². The van der Waals surface area contributed by atoms with Crippen LogP contribution in [0.5, 0.6) is 17.2 Å². The van der Waals surface area contributed by atoms with Crippen LogP contribution >= 0.6 is 11.8 Å². The molecule has 0 aliphatic carbocycles. The number of methoxy groups -OCH3 is 2. The molecule has 1 aliphatic rings. The fraction of sp³-hybridized carbons (Fsp3) is 0.227. The number of hydrogen-bond donors (Lipinski definition) is 4. The Balaban J connectivity index is 1.57. The number of hydrogen-bond acceptors (Lipinski definition) is 9. The molecule has 9 nitrogen and oxygen atoms in total. The van der Waals surface area contributed by atoms with E-state index >= 15 is 0 Å². The van der Waals surface area contributed by atoms with Gasteiger partial charge in [-0.3, -0.25) is 4.79 Å². The Bertz CT molecular complexity index is 1240. The number of anilines is 5. The molecule has 11 heteroatoms. The average molecular weight is 472 g/mol. The van der Waals surface area contributed by atoms with Gasteiger partial charge in [-0.25, -0.2) is 9.37 Å². The number of amides is 1. The lowest BCUT2D eigenvalue weighted by Gasteiger charge is -2.30. The van der Waals surface area contributed by atoms with E-state index in [2.05, 4.69) is 25.9 Å². The molecule has 0 radical (unpaired) electrons. The quantitative estimate of drug-likeness (QED) is 0.407. The summed E-state index contributed by atoms with van der Waals surface area (Å²) in [5.41, 5.74) is 1.60. The predicted octanol–water partition coefficient (Wildman–Crippen LogP) is 4.65. The molecule has 33 heavy (non-hydrogen) atoms. The van der Waals surface area contributed by atoms with Gasteiger partial charge in [-0.2, -0.15) is 4.98 Å². The van der Waals surface area contributed by atoms with Crippen LogP contribution in [0.25, 0.3) is 0 Å². The summed E-state index contributed by atoms with van der Waals surface area (Å²) in [4.78, 5) is 21.3. The predicted molar refractivity (Wildman–Crippen MR) is 125 cm³/mol. The standard InChI is InChI=1S/C22H22FN5O4S/c1-22(2)20(30)27-14-7-11(5-6-17(14)33-22)25-19-13(23)10-24-21(28-19)26-12-8-15(29)18(32-4)16(9-12)31-3/h5-10,29H,1-4H3,(H,27,30)(H2,24,25,26,28). The minimum absolute atomic E-state index is 0.0627. The number of nitrogens with zero attached hydrogens (tertiary/aromatic N) is 2. The highest BCUT2D eigenvalue weighted by molar-refractivity contribution is 8.01. The Morgan fingerprint density at radius 2 is 1.91 bits per heavy atom. The molecule has 2 aromatic carbocycles. The lowest BCUT2D eigenvalue weighted by atomic mass is 10.1. The molecule has 0 saturated carbocycles. The zero-order valence-electron chi connectivity index (χ0n) is 18.3. The van der Waals surface area contributed by atoms with E-state index in [0.717, 1.165) is 11.1 Å². The number of phenolic OH excluding ortho intramolecular Hbond substituents is 1. The maximum absolute atomic E-state index is 14.4. The number of ether oxygens (including phenoxy) is 2. The van der Waals surface area contributed by atoms with Gasteiger partial charge >= 0.3 is 0 Å². The number of rotatable bonds is 6. The second kappa shape index (κ2) is 8.66. The summed E-state index contributed by atoms with van der Waals surface area (Å²) in [7, 11) is 2.86. The molecule has 1 aromatic heterocycles. The van der Waals surface area contributed by atoms with E-state index in [1.807, 2.05) is 19.9 Å².